The monoisotopic (exact) mass is 246 g/mol. The van der Waals surface area contributed by atoms with Crippen molar-refractivity contribution in [1.29, 1.82) is 0 Å². The maximum atomic E-state index is 11.9. The summed E-state index contributed by atoms with van der Waals surface area (Å²) in [7, 11) is 2.81. The fourth-order valence-electron chi connectivity index (χ4n) is 1.08. The third-order valence-electron chi connectivity index (χ3n) is 1.94. The van der Waals surface area contributed by atoms with Gasteiger partial charge in [0.15, 0.2) is 0 Å². The first kappa shape index (κ1) is 12.5. The van der Waals surface area contributed by atoms with Crippen LogP contribution in [0.3, 0.4) is 0 Å². The van der Waals surface area contributed by atoms with Gasteiger partial charge in [0.25, 0.3) is 0 Å². The summed E-state index contributed by atoms with van der Waals surface area (Å²) in [5, 5.41) is 0.567. The van der Waals surface area contributed by atoms with Crippen molar-refractivity contribution in [2.45, 2.75) is 4.90 Å². The Labute approximate surface area is 97.7 Å². The molecule has 15 heavy (non-hydrogen) atoms. The van der Waals surface area contributed by atoms with E-state index in [0.29, 0.717) is 21.4 Å². The van der Waals surface area contributed by atoms with Crippen LogP contribution in [0.25, 0.3) is 0 Å². The summed E-state index contributed by atoms with van der Waals surface area (Å²) >= 11 is 5.82. The van der Waals surface area contributed by atoms with Crippen LogP contribution in [-0.4, -0.2) is 35.5 Å². The zero-order chi connectivity index (χ0) is 11.4. The molecule has 0 bridgehead atoms. The number of hydrogen-bond acceptors (Lipinski definition) is 3. The highest BCUT2D eigenvalue weighted by Gasteiger charge is 2.08. The maximum absolute atomic E-state index is 11.9. The van der Waals surface area contributed by atoms with Crippen LogP contribution in [0.4, 0.5) is 5.69 Å². The molecule has 84 valence electrons. The van der Waals surface area contributed by atoms with Crippen molar-refractivity contribution in [2.75, 3.05) is 32.1 Å². The van der Waals surface area contributed by atoms with Gasteiger partial charge in [0.2, 0.25) is 0 Å². The Hall–Kier alpha value is -0.580. The standard InChI is InChI=1S/C10H15ClN2OS/c1-13(2)5-6-15(14)10-7-8(11)3-4-9(10)12/h3-4,7H,5-6,12H2,1-2H3. The van der Waals surface area contributed by atoms with Gasteiger partial charge in [-0.15, -0.1) is 0 Å². The minimum Gasteiger partial charge on any atom is -0.398 e. The number of halogens is 1. The van der Waals surface area contributed by atoms with E-state index >= 15 is 0 Å². The molecule has 5 heteroatoms. The summed E-state index contributed by atoms with van der Waals surface area (Å²) in [6.07, 6.45) is 0. The minimum absolute atomic E-state index is 0.538. The van der Waals surface area contributed by atoms with Gasteiger partial charge in [-0.3, -0.25) is 4.21 Å². The predicted molar refractivity (Wildman–Crippen MR) is 65.7 cm³/mol. The van der Waals surface area contributed by atoms with Crippen molar-refractivity contribution in [3.63, 3.8) is 0 Å². The van der Waals surface area contributed by atoms with Crippen LogP contribution in [0.5, 0.6) is 0 Å². The Balaban J connectivity index is 2.77. The number of rotatable bonds is 4. The van der Waals surface area contributed by atoms with E-state index in [0.717, 1.165) is 6.54 Å². The lowest BCUT2D eigenvalue weighted by molar-refractivity contribution is 0.435. The van der Waals surface area contributed by atoms with Gasteiger partial charge in [0.1, 0.15) is 0 Å². The zero-order valence-corrected chi connectivity index (χ0v) is 10.4. The lowest BCUT2D eigenvalue weighted by atomic mass is 10.3. The first-order valence-electron chi connectivity index (χ1n) is 4.59. The van der Waals surface area contributed by atoms with Crippen molar-refractivity contribution in [3.05, 3.63) is 23.2 Å². The molecule has 0 aromatic heterocycles. The first-order chi connectivity index (χ1) is 7.00. The van der Waals surface area contributed by atoms with E-state index < -0.39 is 10.8 Å². The van der Waals surface area contributed by atoms with E-state index in [4.69, 9.17) is 17.3 Å². The van der Waals surface area contributed by atoms with Crippen molar-refractivity contribution in [3.8, 4) is 0 Å². The SMILES string of the molecule is CN(C)CCS(=O)c1cc(Cl)ccc1N. The van der Waals surface area contributed by atoms with Gasteiger partial charge in [0, 0.05) is 23.0 Å². The number of nitrogens with two attached hydrogens (primary N) is 1. The lowest BCUT2D eigenvalue weighted by Crippen LogP contribution is -2.19. The molecule has 0 aliphatic heterocycles. The van der Waals surface area contributed by atoms with Crippen LogP contribution in [0.2, 0.25) is 5.02 Å². The molecule has 0 saturated heterocycles. The molecular formula is C10H15ClN2OS. The zero-order valence-electron chi connectivity index (χ0n) is 8.87. The van der Waals surface area contributed by atoms with Gasteiger partial charge >= 0.3 is 0 Å². The first-order valence-corrected chi connectivity index (χ1v) is 6.28. The average molecular weight is 247 g/mol. The van der Waals surface area contributed by atoms with Crippen LogP contribution < -0.4 is 5.73 Å². The topological polar surface area (TPSA) is 46.3 Å². The summed E-state index contributed by atoms with van der Waals surface area (Å²) < 4.78 is 11.9. The van der Waals surface area contributed by atoms with Gasteiger partial charge in [-0.2, -0.15) is 0 Å². The van der Waals surface area contributed by atoms with Crippen LogP contribution in [-0.2, 0) is 10.8 Å². The van der Waals surface area contributed by atoms with E-state index in [-0.39, 0.29) is 0 Å². The number of nitrogen functional groups attached to an aromatic ring is 1. The molecule has 1 aromatic rings. The van der Waals surface area contributed by atoms with Crippen LogP contribution in [0.15, 0.2) is 23.1 Å². The third kappa shape index (κ3) is 3.81. The molecule has 0 aliphatic carbocycles. The molecule has 1 aromatic carbocycles. The fourth-order valence-corrected chi connectivity index (χ4v) is 2.66. The van der Waals surface area contributed by atoms with Crippen molar-refractivity contribution in [2.24, 2.45) is 0 Å². The third-order valence-corrected chi connectivity index (χ3v) is 3.58. The van der Waals surface area contributed by atoms with Crippen LogP contribution in [0, 0.1) is 0 Å². The molecule has 2 N–H and O–H groups in total. The number of anilines is 1. The normalized spacial score (nSPS) is 13.1. The van der Waals surface area contributed by atoms with Crippen molar-refractivity contribution in [1.82, 2.24) is 4.90 Å². The van der Waals surface area contributed by atoms with Gasteiger partial charge < -0.3 is 10.6 Å². The number of benzene rings is 1. The minimum atomic E-state index is -1.08. The van der Waals surface area contributed by atoms with Gasteiger partial charge in [0.05, 0.1) is 15.7 Å². The molecule has 1 atom stereocenters. The molecule has 0 amide bonds. The average Bonchev–Trinajstić information content (AvgIpc) is 2.18. The van der Waals surface area contributed by atoms with Gasteiger partial charge in [-0.05, 0) is 32.3 Å². The van der Waals surface area contributed by atoms with E-state index in [1.54, 1.807) is 18.2 Å². The molecule has 0 heterocycles. The van der Waals surface area contributed by atoms with Crippen molar-refractivity contribution >= 4 is 28.1 Å². The molecule has 0 saturated carbocycles. The second kappa shape index (κ2) is 5.49. The summed E-state index contributed by atoms with van der Waals surface area (Å²) in [4.78, 5) is 2.61. The Morgan fingerprint density at radius 2 is 2.13 bits per heavy atom. The second-order valence-corrected chi connectivity index (χ2v) is 5.51. The molecule has 0 aliphatic rings. The van der Waals surface area contributed by atoms with Gasteiger partial charge in [-0.25, -0.2) is 0 Å². The Morgan fingerprint density at radius 1 is 1.47 bits per heavy atom. The van der Waals surface area contributed by atoms with Crippen LogP contribution >= 0.6 is 11.6 Å². The Bertz CT molecular complexity index is 368. The van der Waals surface area contributed by atoms with E-state index in [1.807, 2.05) is 19.0 Å². The Morgan fingerprint density at radius 3 is 2.73 bits per heavy atom. The van der Waals surface area contributed by atoms with Crippen LogP contribution in [0.1, 0.15) is 0 Å². The quantitative estimate of drug-likeness (QED) is 0.821. The van der Waals surface area contributed by atoms with Gasteiger partial charge in [-0.1, -0.05) is 11.6 Å². The summed E-state index contributed by atoms with van der Waals surface area (Å²) in [6, 6.07) is 5.05. The highest BCUT2D eigenvalue weighted by molar-refractivity contribution is 7.85. The summed E-state index contributed by atoms with van der Waals surface area (Å²) in [5.41, 5.74) is 6.27. The summed E-state index contributed by atoms with van der Waals surface area (Å²) in [5.74, 6) is 0.567. The number of hydrogen-bond donors (Lipinski definition) is 1. The number of nitrogens with zero attached hydrogens (tertiary/aromatic N) is 1. The van der Waals surface area contributed by atoms with E-state index in [9.17, 15) is 4.21 Å². The smallest absolute Gasteiger partial charge is 0.0632 e. The highest BCUT2D eigenvalue weighted by atomic mass is 35.5. The molecular weight excluding hydrogens is 232 g/mol. The van der Waals surface area contributed by atoms with E-state index in [2.05, 4.69) is 0 Å². The predicted octanol–water partition coefficient (Wildman–Crippen LogP) is 1.59. The molecule has 1 unspecified atom stereocenters. The maximum Gasteiger partial charge on any atom is 0.0632 e. The molecule has 0 fully saturated rings. The van der Waals surface area contributed by atoms with E-state index in [1.165, 1.54) is 0 Å². The molecule has 0 radical (unpaired) electrons. The lowest BCUT2D eigenvalue weighted by Gasteiger charge is -2.10. The molecule has 0 spiro atoms. The van der Waals surface area contributed by atoms with Crippen molar-refractivity contribution < 1.29 is 4.21 Å². The highest BCUT2D eigenvalue weighted by Crippen LogP contribution is 2.21. The molecule has 3 nitrogen and oxygen atoms in total. The Kier molecular flexibility index (Phi) is 4.57. The second-order valence-electron chi connectivity index (χ2n) is 3.54. The summed E-state index contributed by atoms with van der Waals surface area (Å²) in [6.45, 7) is 0.762. The molecule has 1 rings (SSSR count). The fraction of sp³-hybridized carbons (Fsp3) is 0.400. The largest absolute Gasteiger partial charge is 0.398 e.